The summed E-state index contributed by atoms with van der Waals surface area (Å²) in [5, 5.41) is 25.8. The second-order valence-corrected chi connectivity index (χ2v) is 10.1. The van der Waals surface area contributed by atoms with Gasteiger partial charge in [-0.1, -0.05) is 30.3 Å². The van der Waals surface area contributed by atoms with Crippen LogP contribution < -0.4 is 5.32 Å². The van der Waals surface area contributed by atoms with Crippen LogP contribution in [0.1, 0.15) is 45.1 Å². The second kappa shape index (κ2) is 13.0. The predicted octanol–water partition coefficient (Wildman–Crippen LogP) is 2.84. The summed E-state index contributed by atoms with van der Waals surface area (Å²) in [6.07, 6.45) is 4.48. The maximum atomic E-state index is 12.8. The number of carbonyl (C=O) groups is 2. The molecule has 0 amide bonds. The number of nitrogens with one attached hydrogen (secondary N) is 1. The Morgan fingerprint density at radius 3 is 2.62 bits per heavy atom. The molecule has 1 saturated carbocycles. The van der Waals surface area contributed by atoms with Gasteiger partial charge in [0, 0.05) is 18.7 Å². The minimum atomic E-state index is -0.759. The van der Waals surface area contributed by atoms with Crippen molar-refractivity contribution in [3.63, 3.8) is 0 Å². The number of benzene rings is 1. The first-order chi connectivity index (χ1) is 17.0. The van der Waals surface area contributed by atoms with Gasteiger partial charge in [0.15, 0.2) is 0 Å². The molecular weight excluding hydrogens is 519 g/mol. The van der Waals surface area contributed by atoms with Crippen LogP contribution in [-0.4, -0.2) is 80.5 Å². The summed E-state index contributed by atoms with van der Waals surface area (Å²) in [5.41, 5.74) is 0.911. The van der Waals surface area contributed by atoms with Crippen LogP contribution in [0.4, 0.5) is 0 Å². The summed E-state index contributed by atoms with van der Waals surface area (Å²) in [4.78, 5) is 28.2. The lowest BCUT2D eigenvalue weighted by molar-refractivity contribution is -0.149. The maximum Gasteiger partial charge on any atom is 0.323 e. The Balaban J connectivity index is 0.00000190. The van der Waals surface area contributed by atoms with Crippen molar-refractivity contribution in [2.75, 3.05) is 26.2 Å². The van der Waals surface area contributed by atoms with Gasteiger partial charge in [-0.15, -0.1) is 35.0 Å². The number of hydrogen-bond donors (Lipinski definition) is 2. The molecule has 204 valence electrons. The van der Waals surface area contributed by atoms with E-state index in [0.717, 1.165) is 37.9 Å². The van der Waals surface area contributed by atoms with Gasteiger partial charge >= 0.3 is 11.9 Å². The largest absolute Gasteiger partial charge is 0.480 e. The lowest BCUT2D eigenvalue weighted by Gasteiger charge is -2.42. The lowest BCUT2D eigenvalue weighted by Crippen LogP contribution is -2.50. The number of nitrogens with zero attached hydrogens (tertiary/aromatic N) is 5. The number of carboxylic acids is 1. The number of piperidine rings is 1. The Morgan fingerprint density at radius 2 is 1.89 bits per heavy atom. The van der Waals surface area contributed by atoms with Crippen molar-refractivity contribution in [3.8, 4) is 11.4 Å². The van der Waals surface area contributed by atoms with Crippen LogP contribution >= 0.6 is 24.8 Å². The van der Waals surface area contributed by atoms with E-state index in [4.69, 9.17) is 4.74 Å². The highest BCUT2D eigenvalue weighted by Gasteiger charge is 2.43. The van der Waals surface area contributed by atoms with E-state index in [-0.39, 0.29) is 42.9 Å². The average Bonchev–Trinajstić information content (AvgIpc) is 3.52. The number of fused-ring (bicyclic) bond motifs is 1. The van der Waals surface area contributed by atoms with E-state index in [1.54, 1.807) is 4.80 Å². The second-order valence-electron chi connectivity index (χ2n) is 10.1. The summed E-state index contributed by atoms with van der Waals surface area (Å²) < 4.78 is 5.41. The molecular formula is C25H36Cl2N6O4. The summed E-state index contributed by atoms with van der Waals surface area (Å²) in [6, 6.07) is 8.91. The standard InChI is InChI=1S/C25H34N6O4.2ClH/c1-2-35-25(34)22-12-20(31-28-23(27-29-31)17-6-4-3-5-7-17)15-30(22)14-16-8-9-18-13-26-21(24(32)33)11-19(18)10-16;;/h3-7,16,18-22,26H,2,8-15H2,1H3,(H,32,33);2*1H/t16-,18-,19+,20-,21-,22-;;/m0../s1. The SMILES string of the molecule is CCOC(=O)[C@@H]1C[C@H](n2nnc(-c3ccccc3)n2)CN1C[C@H]1CC[C@H]2CN[C@H](C(=O)O)C[C@H]2C1.Cl.Cl. The van der Waals surface area contributed by atoms with Crippen molar-refractivity contribution >= 4 is 36.8 Å². The molecule has 2 aliphatic heterocycles. The Kier molecular flexibility index (Phi) is 10.3. The smallest absolute Gasteiger partial charge is 0.323 e. The van der Waals surface area contributed by atoms with Crippen molar-refractivity contribution in [3.05, 3.63) is 30.3 Å². The molecule has 2 N–H and O–H groups in total. The van der Waals surface area contributed by atoms with Crippen molar-refractivity contribution in [1.29, 1.82) is 0 Å². The van der Waals surface area contributed by atoms with Crippen LogP contribution in [0, 0.1) is 17.8 Å². The number of likely N-dealkylation sites (tertiary alicyclic amines) is 1. The minimum Gasteiger partial charge on any atom is -0.480 e. The van der Waals surface area contributed by atoms with Crippen molar-refractivity contribution < 1.29 is 19.4 Å². The number of rotatable bonds is 7. The quantitative estimate of drug-likeness (QED) is 0.497. The van der Waals surface area contributed by atoms with Crippen LogP contribution in [0.5, 0.6) is 0 Å². The van der Waals surface area contributed by atoms with Gasteiger partial charge in [0.2, 0.25) is 5.82 Å². The predicted molar refractivity (Wildman–Crippen MR) is 142 cm³/mol. The third-order valence-corrected chi connectivity index (χ3v) is 7.93. The number of hydrogen-bond acceptors (Lipinski definition) is 8. The molecule has 0 radical (unpaired) electrons. The Bertz CT molecular complexity index is 1040. The Labute approximate surface area is 229 Å². The number of halogens is 2. The van der Waals surface area contributed by atoms with E-state index in [0.29, 0.717) is 49.6 Å². The lowest BCUT2D eigenvalue weighted by atomic mass is 9.69. The Hall–Kier alpha value is -2.27. The van der Waals surface area contributed by atoms with Gasteiger partial charge in [-0.3, -0.25) is 14.5 Å². The summed E-state index contributed by atoms with van der Waals surface area (Å²) in [5.74, 6) is 1.02. The first-order valence-corrected chi connectivity index (χ1v) is 12.7. The zero-order valence-corrected chi connectivity index (χ0v) is 22.6. The third kappa shape index (κ3) is 6.60. The highest BCUT2D eigenvalue weighted by molar-refractivity contribution is 5.85. The van der Waals surface area contributed by atoms with E-state index < -0.39 is 12.0 Å². The van der Waals surface area contributed by atoms with Crippen LogP contribution in [0.2, 0.25) is 0 Å². The topological polar surface area (TPSA) is 122 Å². The van der Waals surface area contributed by atoms with Gasteiger partial charge in [-0.25, -0.2) is 0 Å². The van der Waals surface area contributed by atoms with E-state index in [1.807, 2.05) is 37.3 Å². The molecule has 0 unspecified atom stereocenters. The van der Waals surface area contributed by atoms with Gasteiger partial charge in [-0.05, 0) is 68.5 Å². The highest BCUT2D eigenvalue weighted by atomic mass is 35.5. The monoisotopic (exact) mass is 554 g/mol. The molecule has 1 aromatic heterocycles. The number of aromatic nitrogens is 4. The number of tetrazole rings is 1. The first kappa shape index (κ1) is 29.3. The molecule has 3 heterocycles. The third-order valence-electron chi connectivity index (χ3n) is 7.93. The van der Waals surface area contributed by atoms with Crippen LogP contribution in [0.15, 0.2) is 30.3 Å². The number of ether oxygens (including phenoxy) is 1. The molecule has 3 aliphatic rings. The van der Waals surface area contributed by atoms with E-state index >= 15 is 0 Å². The molecule has 1 aliphatic carbocycles. The van der Waals surface area contributed by atoms with Crippen molar-refractivity contribution in [1.82, 2.24) is 30.4 Å². The fourth-order valence-corrected chi connectivity index (χ4v) is 6.16. The molecule has 37 heavy (non-hydrogen) atoms. The van der Waals surface area contributed by atoms with Crippen molar-refractivity contribution in [2.24, 2.45) is 17.8 Å². The normalized spacial score (nSPS) is 29.4. The van der Waals surface area contributed by atoms with E-state index in [2.05, 4.69) is 25.6 Å². The fraction of sp³-hybridized carbons (Fsp3) is 0.640. The molecule has 12 heteroatoms. The van der Waals surface area contributed by atoms with E-state index in [9.17, 15) is 14.7 Å². The average molecular weight is 556 g/mol. The van der Waals surface area contributed by atoms with E-state index in [1.165, 1.54) is 0 Å². The molecule has 5 rings (SSSR count). The molecule has 3 fully saturated rings. The zero-order valence-electron chi connectivity index (χ0n) is 20.9. The first-order valence-electron chi connectivity index (χ1n) is 12.7. The van der Waals surface area contributed by atoms with Gasteiger partial charge in [0.25, 0.3) is 0 Å². The number of carboxylic acid groups (broad SMARTS) is 1. The summed E-state index contributed by atoms with van der Waals surface area (Å²) >= 11 is 0. The van der Waals surface area contributed by atoms with Crippen LogP contribution in [0.25, 0.3) is 11.4 Å². The van der Waals surface area contributed by atoms with Gasteiger partial charge in [0.1, 0.15) is 12.1 Å². The molecule has 6 atom stereocenters. The molecule has 1 aromatic carbocycles. The fourth-order valence-electron chi connectivity index (χ4n) is 6.16. The molecule has 2 saturated heterocycles. The minimum absolute atomic E-state index is 0. The highest BCUT2D eigenvalue weighted by Crippen LogP contribution is 2.40. The Morgan fingerprint density at radius 1 is 1.11 bits per heavy atom. The van der Waals surface area contributed by atoms with Crippen LogP contribution in [0.3, 0.4) is 0 Å². The van der Waals surface area contributed by atoms with Crippen molar-refractivity contribution in [2.45, 2.75) is 57.2 Å². The molecule has 0 spiro atoms. The molecule has 0 bridgehead atoms. The van der Waals surface area contributed by atoms with Crippen LogP contribution in [-0.2, 0) is 14.3 Å². The molecule has 10 nitrogen and oxygen atoms in total. The van der Waals surface area contributed by atoms with Gasteiger partial charge in [0.05, 0.1) is 12.6 Å². The number of carbonyl (C=O) groups excluding carboxylic acids is 1. The summed E-state index contributed by atoms with van der Waals surface area (Å²) in [6.45, 7) is 4.43. The zero-order chi connectivity index (χ0) is 24.4. The molecule has 2 aromatic rings. The number of aliphatic carboxylic acids is 1. The maximum absolute atomic E-state index is 12.8. The number of esters is 1. The summed E-state index contributed by atoms with van der Waals surface area (Å²) in [7, 11) is 0. The van der Waals surface area contributed by atoms with Gasteiger partial charge < -0.3 is 15.2 Å². The van der Waals surface area contributed by atoms with Gasteiger partial charge in [-0.2, -0.15) is 4.80 Å².